The van der Waals surface area contributed by atoms with E-state index in [1.54, 1.807) is 12.1 Å². The number of hydrogen-bond acceptors (Lipinski definition) is 3. The van der Waals surface area contributed by atoms with Crippen LogP contribution in [-0.2, 0) is 33.6 Å². The standard InChI is InChI=1S/C22H25F3O3S/c1-21(2,3)18-10-7-17(8-11-18)20(26)12-9-16-6-5-15(14-29(4,27)28)13-19(16)22(23,24)25/h5-8,10-11,13H,9,12,14H2,1-4H3. The highest BCUT2D eigenvalue weighted by Crippen LogP contribution is 2.34. The maximum atomic E-state index is 13.4. The third kappa shape index (κ3) is 6.70. The third-order valence-corrected chi connectivity index (χ3v) is 5.46. The highest BCUT2D eigenvalue weighted by Gasteiger charge is 2.33. The number of carbonyl (C=O) groups excluding carboxylic acids is 1. The summed E-state index contributed by atoms with van der Waals surface area (Å²) in [5.74, 6) is -0.700. The van der Waals surface area contributed by atoms with Crippen molar-refractivity contribution in [2.24, 2.45) is 0 Å². The monoisotopic (exact) mass is 426 g/mol. The second-order valence-corrected chi connectivity index (χ2v) is 10.5. The van der Waals surface area contributed by atoms with Crippen LogP contribution >= 0.6 is 0 Å². The predicted molar refractivity (Wildman–Crippen MR) is 108 cm³/mol. The van der Waals surface area contributed by atoms with Crippen molar-refractivity contribution < 1.29 is 26.4 Å². The minimum absolute atomic E-state index is 0.0191. The van der Waals surface area contributed by atoms with E-state index in [9.17, 15) is 26.4 Å². The van der Waals surface area contributed by atoms with Crippen LogP contribution in [0.3, 0.4) is 0 Å². The van der Waals surface area contributed by atoms with Crippen LogP contribution in [0.25, 0.3) is 0 Å². The van der Waals surface area contributed by atoms with Crippen molar-refractivity contribution in [2.75, 3.05) is 6.26 Å². The molecule has 0 aliphatic rings. The number of benzene rings is 2. The first-order valence-corrected chi connectivity index (χ1v) is 11.2. The Kier molecular flexibility index (Phi) is 6.62. The van der Waals surface area contributed by atoms with Crippen molar-refractivity contribution in [2.45, 2.75) is 51.0 Å². The van der Waals surface area contributed by atoms with Crippen molar-refractivity contribution in [3.63, 3.8) is 0 Å². The summed E-state index contributed by atoms with van der Waals surface area (Å²) < 4.78 is 63.0. The van der Waals surface area contributed by atoms with E-state index < -0.39 is 27.3 Å². The maximum Gasteiger partial charge on any atom is 0.416 e. The van der Waals surface area contributed by atoms with E-state index >= 15 is 0 Å². The maximum absolute atomic E-state index is 13.4. The van der Waals surface area contributed by atoms with Crippen LogP contribution in [0.1, 0.15) is 59.8 Å². The van der Waals surface area contributed by atoms with Gasteiger partial charge in [-0.15, -0.1) is 0 Å². The average molecular weight is 427 g/mol. The fourth-order valence-corrected chi connectivity index (χ4v) is 3.83. The largest absolute Gasteiger partial charge is 0.416 e. The molecule has 2 aromatic rings. The van der Waals surface area contributed by atoms with Crippen molar-refractivity contribution in [1.29, 1.82) is 0 Å². The Balaban J connectivity index is 2.20. The molecule has 0 fully saturated rings. The second-order valence-electron chi connectivity index (χ2n) is 8.31. The van der Waals surface area contributed by atoms with Gasteiger partial charge in [-0.05, 0) is 34.6 Å². The molecule has 7 heteroatoms. The highest BCUT2D eigenvalue weighted by molar-refractivity contribution is 7.89. The molecule has 0 amide bonds. The van der Waals surface area contributed by atoms with Crippen molar-refractivity contribution in [1.82, 2.24) is 0 Å². The van der Waals surface area contributed by atoms with Gasteiger partial charge in [-0.1, -0.05) is 57.2 Å². The van der Waals surface area contributed by atoms with Gasteiger partial charge in [-0.2, -0.15) is 13.2 Å². The molecule has 2 aromatic carbocycles. The SMILES string of the molecule is CC(C)(C)c1ccc(C(=O)CCc2ccc(CS(C)(=O)=O)cc2C(F)(F)F)cc1. The van der Waals surface area contributed by atoms with Gasteiger partial charge in [0.25, 0.3) is 0 Å². The molecule has 0 bridgehead atoms. The number of Topliss-reactive ketones (excluding diaryl/α,β-unsaturated/α-hetero) is 1. The van der Waals surface area contributed by atoms with Crippen LogP contribution in [-0.4, -0.2) is 20.5 Å². The first-order chi connectivity index (χ1) is 13.2. The average Bonchev–Trinajstić information content (AvgIpc) is 2.57. The molecule has 3 nitrogen and oxygen atoms in total. The minimum Gasteiger partial charge on any atom is -0.294 e. The van der Waals surface area contributed by atoms with Crippen molar-refractivity contribution in [3.05, 3.63) is 70.3 Å². The lowest BCUT2D eigenvalue weighted by Gasteiger charge is -2.19. The molecular formula is C22H25F3O3S. The number of alkyl halides is 3. The lowest BCUT2D eigenvalue weighted by Crippen LogP contribution is -2.13. The first-order valence-electron chi connectivity index (χ1n) is 9.17. The van der Waals surface area contributed by atoms with Gasteiger partial charge in [-0.25, -0.2) is 8.42 Å². The highest BCUT2D eigenvalue weighted by atomic mass is 32.2. The summed E-state index contributed by atoms with van der Waals surface area (Å²) in [6, 6.07) is 10.6. The van der Waals surface area contributed by atoms with Crippen LogP contribution in [0.4, 0.5) is 13.2 Å². The molecule has 0 radical (unpaired) electrons. The predicted octanol–water partition coefficient (Wildman–Crippen LogP) is 5.36. The van der Waals surface area contributed by atoms with Crippen molar-refractivity contribution in [3.8, 4) is 0 Å². The number of aryl methyl sites for hydroxylation is 1. The molecule has 0 aromatic heterocycles. The van der Waals surface area contributed by atoms with Gasteiger partial charge in [0.2, 0.25) is 0 Å². The molecule has 0 spiro atoms. The number of carbonyl (C=O) groups is 1. The molecule has 0 aliphatic heterocycles. The minimum atomic E-state index is -4.62. The van der Waals surface area contributed by atoms with E-state index in [2.05, 4.69) is 20.8 Å². The summed E-state index contributed by atoms with van der Waals surface area (Å²) in [5, 5.41) is 0. The summed E-state index contributed by atoms with van der Waals surface area (Å²) in [6.45, 7) is 6.15. The number of ketones is 1. The molecule has 0 N–H and O–H groups in total. The molecule has 0 unspecified atom stereocenters. The van der Waals surface area contributed by atoms with Crippen LogP contribution in [0.15, 0.2) is 42.5 Å². The Morgan fingerprint density at radius 2 is 1.55 bits per heavy atom. The smallest absolute Gasteiger partial charge is 0.294 e. The zero-order chi connectivity index (χ0) is 22.0. The van der Waals surface area contributed by atoms with Gasteiger partial charge >= 0.3 is 6.18 Å². The van der Waals surface area contributed by atoms with Crippen LogP contribution < -0.4 is 0 Å². The first kappa shape index (κ1) is 23.1. The zero-order valence-corrected chi connectivity index (χ0v) is 17.7. The fourth-order valence-electron chi connectivity index (χ4n) is 3.05. The molecular weight excluding hydrogens is 401 g/mol. The fraction of sp³-hybridized carbons (Fsp3) is 0.409. The molecule has 0 saturated carbocycles. The molecule has 2 rings (SSSR count). The number of halogens is 3. The Bertz CT molecular complexity index is 983. The number of rotatable bonds is 6. The van der Waals surface area contributed by atoms with E-state index in [1.165, 1.54) is 12.1 Å². The molecule has 0 saturated heterocycles. The van der Waals surface area contributed by atoms with E-state index in [4.69, 9.17) is 0 Å². The summed E-state index contributed by atoms with van der Waals surface area (Å²) in [7, 11) is -3.45. The van der Waals surface area contributed by atoms with E-state index in [0.29, 0.717) is 5.56 Å². The third-order valence-electron chi connectivity index (χ3n) is 4.60. The Hall–Kier alpha value is -2.15. The van der Waals surface area contributed by atoms with Crippen LogP contribution in [0.5, 0.6) is 0 Å². The van der Waals surface area contributed by atoms with Gasteiger partial charge in [-0.3, -0.25) is 4.79 Å². The van der Waals surface area contributed by atoms with Gasteiger partial charge in [0, 0.05) is 18.2 Å². The van der Waals surface area contributed by atoms with Crippen LogP contribution in [0, 0.1) is 0 Å². The molecule has 158 valence electrons. The Morgan fingerprint density at radius 3 is 2.03 bits per heavy atom. The van der Waals surface area contributed by atoms with Gasteiger partial charge in [0.1, 0.15) is 0 Å². The summed E-state index contributed by atoms with van der Waals surface area (Å²) >= 11 is 0. The Labute approximate surface area is 169 Å². The number of hydrogen-bond donors (Lipinski definition) is 0. The normalized spacial score (nSPS) is 12.8. The summed E-state index contributed by atoms with van der Waals surface area (Å²) in [5.41, 5.74) is 0.628. The topological polar surface area (TPSA) is 51.2 Å². The summed E-state index contributed by atoms with van der Waals surface area (Å²) in [4.78, 5) is 12.4. The zero-order valence-electron chi connectivity index (χ0n) is 16.9. The van der Waals surface area contributed by atoms with Crippen LogP contribution in [0.2, 0.25) is 0 Å². The molecule has 0 aliphatic carbocycles. The summed E-state index contributed by atoms with van der Waals surface area (Å²) in [6.07, 6.45) is -3.80. The number of sulfone groups is 1. The van der Waals surface area contributed by atoms with E-state index in [0.717, 1.165) is 17.9 Å². The molecule has 29 heavy (non-hydrogen) atoms. The van der Waals surface area contributed by atoms with Gasteiger partial charge in [0.05, 0.1) is 11.3 Å². The van der Waals surface area contributed by atoms with E-state index in [1.807, 2.05) is 12.1 Å². The van der Waals surface area contributed by atoms with Gasteiger partial charge < -0.3 is 0 Å². The van der Waals surface area contributed by atoms with E-state index in [-0.39, 0.29) is 35.2 Å². The molecule has 0 atom stereocenters. The molecule has 0 heterocycles. The van der Waals surface area contributed by atoms with Gasteiger partial charge in [0.15, 0.2) is 15.6 Å². The lowest BCUT2D eigenvalue weighted by molar-refractivity contribution is -0.138. The van der Waals surface area contributed by atoms with Crippen molar-refractivity contribution >= 4 is 15.6 Å². The Morgan fingerprint density at radius 1 is 0.966 bits per heavy atom. The lowest BCUT2D eigenvalue weighted by atomic mass is 9.86. The quantitative estimate of drug-likeness (QED) is 0.584. The second kappa shape index (κ2) is 8.30.